The van der Waals surface area contributed by atoms with Gasteiger partial charge in [-0.2, -0.15) is 0 Å². The lowest BCUT2D eigenvalue weighted by molar-refractivity contribution is 0.0627. The molecule has 1 fully saturated rings. The van der Waals surface area contributed by atoms with Gasteiger partial charge in [0.05, 0.1) is 11.3 Å². The molecule has 0 radical (unpaired) electrons. The van der Waals surface area contributed by atoms with Gasteiger partial charge in [0.1, 0.15) is 10.8 Å². The highest BCUT2D eigenvalue weighted by Gasteiger charge is 2.23. The van der Waals surface area contributed by atoms with E-state index in [1.54, 1.807) is 17.5 Å². The van der Waals surface area contributed by atoms with Crippen LogP contribution in [0.1, 0.15) is 16.1 Å². The van der Waals surface area contributed by atoms with E-state index in [4.69, 9.17) is 4.98 Å². The van der Waals surface area contributed by atoms with Crippen molar-refractivity contribution in [2.75, 3.05) is 38.1 Å². The molecule has 1 saturated heterocycles. The van der Waals surface area contributed by atoms with E-state index in [1.165, 1.54) is 0 Å². The summed E-state index contributed by atoms with van der Waals surface area (Å²) in [7, 11) is 1.98. The zero-order valence-electron chi connectivity index (χ0n) is 19.2. The van der Waals surface area contributed by atoms with Gasteiger partial charge in [0.2, 0.25) is 0 Å². The number of nitrogens with zero attached hydrogens (tertiary/aromatic N) is 5. The van der Waals surface area contributed by atoms with Crippen LogP contribution in [0.15, 0.2) is 84.4 Å². The minimum absolute atomic E-state index is 0.0427. The van der Waals surface area contributed by atoms with Crippen molar-refractivity contribution in [3.05, 3.63) is 95.6 Å². The van der Waals surface area contributed by atoms with Gasteiger partial charge in [-0.1, -0.05) is 48.5 Å². The first-order chi connectivity index (χ1) is 16.7. The van der Waals surface area contributed by atoms with Crippen LogP contribution in [0.3, 0.4) is 0 Å². The third-order valence-electron chi connectivity index (χ3n) is 6.10. The zero-order valence-corrected chi connectivity index (χ0v) is 20.0. The SMILES string of the molecule is CN(c1ccccc1)c1ccc(C(=O)N2CCN(Cc3csc(-c4ccccc4)n3)CC2)cn1. The molecule has 1 aliphatic rings. The van der Waals surface area contributed by atoms with Crippen LogP contribution in [0.2, 0.25) is 0 Å². The molecule has 7 heteroatoms. The minimum atomic E-state index is 0.0427. The summed E-state index contributed by atoms with van der Waals surface area (Å²) < 4.78 is 0. The second kappa shape index (κ2) is 10.2. The Kier molecular flexibility index (Phi) is 6.65. The molecule has 0 aliphatic carbocycles. The van der Waals surface area contributed by atoms with Crippen molar-refractivity contribution in [2.45, 2.75) is 6.54 Å². The molecule has 0 atom stereocenters. The van der Waals surface area contributed by atoms with Gasteiger partial charge in [0.15, 0.2) is 0 Å². The first-order valence-corrected chi connectivity index (χ1v) is 12.3. The molecule has 4 aromatic rings. The molecule has 172 valence electrons. The van der Waals surface area contributed by atoms with Crippen LogP contribution < -0.4 is 4.90 Å². The summed E-state index contributed by atoms with van der Waals surface area (Å²) in [5.41, 5.74) is 3.93. The lowest BCUT2D eigenvalue weighted by atomic mass is 10.2. The molecule has 2 aromatic carbocycles. The summed E-state index contributed by atoms with van der Waals surface area (Å²) in [5, 5.41) is 3.19. The number of hydrogen-bond donors (Lipinski definition) is 0. The number of carbonyl (C=O) groups is 1. The normalized spacial score (nSPS) is 14.2. The summed E-state index contributed by atoms with van der Waals surface area (Å²) >= 11 is 1.68. The smallest absolute Gasteiger partial charge is 0.255 e. The number of anilines is 2. The van der Waals surface area contributed by atoms with Crippen LogP contribution in [0.25, 0.3) is 10.6 Å². The first kappa shape index (κ1) is 22.3. The fourth-order valence-corrected chi connectivity index (χ4v) is 4.93. The number of carbonyl (C=O) groups excluding carboxylic acids is 1. The van der Waals surface area contributed by atoms with E-state index in [2.05, 4.69) is 27.4 Å². The van der Waals surface area contributed by atoms with Crippen molar-refractivity contribution in [2.24, 2.45) is 0 Å². The van der Waals surface area contributed by atoms with Gasteiger partial charge >= 0.3 is 0 Å². The monoisotopic (exact) mass is 469 g/mol. The quantitative estimate of drug-likeness (QED) is 0.401. The number of hydrogen-bond acceptors (Lipinski definition) is 6. The second-order valence-corrected chi connectivity index (χ2v) is 9.24. The third-order valence-corrected chi connectivity index (χ3v) is 7.04. The Bertz CT molecular complexity index is 1220. The van der Waals surface area contributed by atoms with E-state index in [-0.39, 0.29) is 5.91 Å². The molecule has 0 unspecified atom stereocenters. The third kappa shape index (κ3) is 5.00. The number of thiazole rings is 1. The van der Waals surface area contributed by atoms with Gasteiger partial charge in [-0.15, -0.1) is 11.3 Å². The largest absolute Gasteiger partial charge is 0.336 e. The highest BCUT2D eigenvalue weighted by Crippen LogP contribution is 2.24. The maximum Gasteiger partial charge on any atom is 0.255 e. The van der Waals surface area contributed by atoms with E-state index in [0.717, 1.165) is 47.4 Å². The van der Waals surface area contributed by atoms with E-state index >= 15 is 0 Å². The summed E-state index contributed by atoms with van der Waals surface area (Å²) in [6, 6.07) is 24.1. The second-order valence-electron chi connectivity index (χ2n) is 8.38. The van der Waals surface area contributed by atoms with Crippen LogP contribution in [0.4, 0.5) is 11.5 Å². The summed E-state index contributed by atoms with van der Waals surface area (Å²) in [4.78, 5) is 28.6. The van der Waals surface area contributed by atoms with Gasteiger partial charge in [-0.3, -0.25) is 9.69 Å². The maximum atomic E-state index is 13.0. The molecule has 0 bridgehead atoms. The predicted octanol–water partition coefficient (Wildman–Crippen LogP) is 4.93. The highest BCUT2D eigenvalue weighted by atomic mass is 32.1. The first-order valence-electron chi connectivity index (χ1n) is 11.4. The van der Waals surface area contributed by atoms with Crippen LogP contribution in [0, 0.1) is 0 Å². The topological polar surface area (TPSA) is 52.6 Å². The molecular weight excluding hydrogens is 442 g/mol. The van der Waals surface area contributed by atoms with Crippen molar-refractivity contribution < 1.29 is 4.79 Å². The Morgan fingerprint density at radius 1 is 0.941 bits per heavy atom. The molecule has 3 heterocycles. The highest BCUT2D eigenvalue weighted by molar-refractivity contribution is 7.13. The van der Waals surface area contributed by atoms with Gasteiger partial charge in [0, 0.05) is 62.6 Å². The van der Waals surface area contributed by atoms with Crippen molar-refractivity contribution in [3.8, 4) is 10.6 Å². The summed E-state index contributed by atoms with van der Waals surface area (Å²) in [6.07, 6.45) is 1.68. The van der Waals surface area contributed by atoms with Crippen molar-refractivity contribution in [1.29, 1.82) is 0 Å². The van der Waals surface area contributed by atoms with Crippen LogP contribution in [0.5, 0.6) is 0 Å². The average Bonchev–Trinajstić information content (AvgIpc) is 3.38. The lowest BCUT2D eigenvalue weighted by Crippen LogP contribution is -2.48. The standard InChI is InChI=1S/C27H27N5OS/c1-30(24-10-6-3-7-11-24)25-13-12-22(18-28-25)27(33)32-16-14-31(15-17-32)19-23-20-34-26(29-23)21-8-4-2-5-9-21/h2-13,18,20H,14-17,19H2,1H3. The van der Waals surface area contributed by atoms with Gasteiger partial charge in [-0.05, 0) is 24.3 Å². The van der Waals surface area contributed by atoms with Crippen LogP contribution in [-0.4, -0.2) is 58.9 Å². The molecular formula is C27H27N5OS. The Labute approximate surface area is 204 Å². The molecule has 0 N–H and O–H groups in total. The zero-order chi connectivity index (χ0) is 23.3. The molecule has 5 rings (SSSR count). The fourth-order valence-electron chi connectivity index (χ4n) is 4.11. The predicted molar refractivity (Wildman–Crippen MR) is 137 cm³/mol. The van der Waals surface area contributed by atoms with E-state index in [9.17, 15) is 4.79 Å². The number of benzene rings is 2. The number of piperazine rings is 1. The van der Waals surface area contributed by atoms with E-state index in [0.29, 0.717) is 18.7 Å². The van der Waals surface area contributed by atoms with Crippen molar-refractivity contribution in [1.82, 2.24) is 19.8 Å². The van der Waals surface area contributed by atoms with Crippen LogP contribution >= 0.6 is 11.3 Å². The summed E-state index contributed by atoms with van der Waals surface area (Å²) in [6.45, 7) is 3.91. The van der Waals surface area contributed by atoms with Gasteiger partial charge < -0.3 is 9.80 Å². The Hall–Kier alpha value is -3.55. The summed E-state index contributed by atoms with van der Waals surface area (Å²) in [5.74, 6) is 0.854. The van der Waals surface area contributed by atoms with Gasteiger partial charge in [-0.25, -0.2) is 9.97 Å². The Morgan fingerprint density at radius 3 is 2.32 bits per heavy atom. The molecule has 6 nitrogen and oxygen atoms in total. The van der Waals surface area contributed by atoms with Crippen molar-refractivity contribution >= 4 is 28.7 Å². The van der Waals surface area contributed by atoms with E-state index < -0.39 is 0 Å². The Balaban J connectivity index is 1.15. The number of pyridine rings is 1. The van der Waals surface area contributed by atoms with Crippen molar-refractivity contribution in [3.63, 3.8) is 0 Å². The fraction of sp³-hybridized carbons (Fsp3) is 0.222. The molecule has 1 amide bonds. The molecule has 34 heavy (non-hydrogen) atoms. The van der Waals surface area contributed by atoms with E-state index in [1.807, 2.05) is 77.5 Å². The molecule has 2 aromatic heterocycles. The van der Waals surface area contributed by atoms with Gasteiger partial charge in [0.25, 0.3) is 5.91 Å². The average molecular weight is 470 g/mol. The van der Waals surface area contributed by atoms with Crippen LogP contribution in [-0.2, 0) is 6.54 Å². The maximum absolute atomic E-state index is 13.0. The number of rotatable bonds is 6. The molecule has 0 saturated carbocycles. The minimum Gasteiger partial charge on any atom is -0.336 e. The lowest BCUT2D eigenvalue weighted by Gasteiger charge is -2.34. The number of amides is 1. The number of para-hydroxylation sites is 1. The Morgan fingerprint density at radius 2 is 1.65 bits per heavy atom. The number of aromatic nitrogens is 2. The molecule has 1 aliphatic heterocycles. The molecule has 0 spiro atoms.